The molecule has 0 radical (unpaired) electrons. The van der Waals surface area contributed by atoms with E-state index in [-0.39, 0.29) is 40.5 Å². The quantitative estimate of drug-likeness (QED) is 0.341. The molecule has 5 rings (SSSR count). The van der Waals surface area contributed by atoms with Crippen LogP contribution in [0.4, 0.5) is 29.1 Å². The van der Waals surface area contributed by atoms with E-state index in [1.54, 1.807) is 12.1 Å². The van der Waals surface area contributed by atoms with Crippen molar-refractivity contribution in [2.75, 3.05) is 9.80 Å². The molecule has 1 aliphatic carbocycles. The van der Waals surface area contributed by atoms with Crippen LogP contribution in [-0.2, 0) is 14.4 Å². The van der Waals surface area contributed by atoms with Crippen molar-refractivity contribution in [1.29, 1.82) is 5.26 Å². The van der Waals surface area contributed by atoms with E-state index < -0.39 is 73.0 Å². The summed E-state index contributed by atoms with van der Waals surface area (Å²) >= 11 is 6.52. The SMILES string of the molecule is N#Cc1ccnc(N2C(=O)C(F)CC2C(=O)N(c2cccc(F)c2)[C@H](C(=O)NC2CCC(F)(F)CC2)c2ccccc2Cl)c1. The molecule has 3 atom stereocenters. The minimum Gasteiger partial charge on any atom is -0.351 e. The van der Waals surface area contributed by atoms with Gasteiger partial charge in [0.15, 0.2) is 6.17 Å². The van der Waals surface area contributed by atoms with E-state index in [0.717, 1.165) is 21.9 Å². The molecular weight excluding hydrogens is 602 g/mol. The van der Waals surface area contributed by atoms with Gasteiger partial charge in [-0.2, -0.15) is 5.26 Å². The Morgan fingerprint density at radius 2 is 1.84 bits per heavy atom. The highest BCUT2D eigenvalue weighted by Gasteiger charge is 2.49. The zero-order valence-corrected chi connectivity index (χ0v) is 23.9. The van der Waals surface area contributed by atoms with Crippen molar-refractivity contribution in [2.24, 2.45) is 0 Å². The van der Waals surface area contributed by atoms with E-state index in [0.29, 0.717) is 0 Å². The normalized spacial score (nSPS) is 20.5. The van der Waals surface area contributed by atoms with Crippen LogP contribution in [0.15, 0.2) is 66.9 Å². The molecular formula is C31H26ClF4N5O3. The Bertz CT molecular complexity index is 1620. The number of hydrogen-bond donors (Lipinski definition) is 1. The van der Waals surface area contributed by atoms with Crippen molar-refractivity contribution < 1.29 is 31.9 Å². The average Bonchev–Trinajstić information content (AvgIpc) is 3.30. The van der Waals surface area contributed by atoms with Crippen molar-refractivity contribution in [3.05, 3.63) is 88.8 Å². The second-order valence-electron chi connectivity index (χ2n) is 10.7. The molecule has 2 fully saturated rings. The first kappa shape index (κ1) is 30.9. The maximum atomic E-state index is 15.0. The fourth-order valence-electron chi connectivity index (χ4n) is 5.56. The van der Waals surface area contributed by atoms with Gasteiger partial charge in [0, 0.05) is 47.8 Å². The van der Waals surface area contributed by atoms with Gasteiger partial charge in [0.1, 0.15) is 23.7 Å². The second-order valence-corrected chi connectivity index (χ2v) is 11.1. The van der Waals surface area contributed by atoms with Crippen molar-refractivity contribution in [3.63, 3.8) is 0 Å². The smallest absolute Gasteiger partial charge is 0.263 e. The molecule has 2 unspecified atom stereocenters. The lowest BCUT2D eigenvalue weighted by Gasteiger charge is -2.37. The summed E-state index contributed by atoms with van der Waals surface area (Å²) in [6.07, 6.45) is -2.40. The Morgan fingerprint density at radius 3 is 2.52 bits per heavy atom. The van der Waals surface area contributed by atoms with E-state index in [1.165, 1.54) is 42.6 Å². The molecule has 0 bridgehead atoms. The number of benzene rings is 2. The summed E-state index contributed by atoms with van der Waals surface area (Å²) in [6, 6.07) is 11.6. The van der Waals surface area contributed by atoms with Crippen LogP contribution in [0.1, 0.15) is 49.3 Å². The number of pyridine rings is 1. The van der Waals surface area contributed by atoms with Gasteiger partial charge in [0.25, 0.3) is 11.8 Å². The number of halogens is 5. The molecule has 1 aliphatic heterocycles. The average molecular weight is 628 g/mol. The summed E-state index contributed by atoms with van der Waals surface area (Å²) in [5, 5.41) is 12.2. The van der Waals surface area contributed by atoms with Crippen LogP contribution in [0, 0.1) is 17.1 Å². The van der Waals surface area contributed by atoms with Crippen LogP contribution in [0.25, 0.3) is 0 Å². The molecule has 1 saturated heterocycles. The van der Waals surface area contributed by atoms with Crippen LogP contribution in [0.5, 0.6) is 0 Å². The molecule has 3 amide bonds. The lowest BCUT2D eigenvalue weighted by Crippen LogP contribution is -2.53. The Hall–Kier alpha value is -4.50. The number of anilines is 2. The van der Waals surface area contributed by atoms with Gasteiger partial charge < -0.3 is 5.32 Å². The standard InChI is InChI=1S/C31H26ClF4N5O3/c32-23-7-2-1-6-22(23)27(28(42)39-20-8-11-31(35,36)12-9-20)40(21-5-3-4-19(33)15-21)30(44)25-16-24(34)29(43)41(25)26-14-18(17-37)10-13-38-26/h1-7,10,13-15,20,24-25,27H,8-9,11-12,16H2,(H,39,42)/t24?,25?,27-/m0/s1. The van der Waals surface area contributed by atoms with E-state index in [4.69, 9.17) is 11.6 Å². The topological polar surface area (TPSA) is 106 Å². The molecule has 1 aromatic heterocycles. The Morgan fingerprint density at radius 1 is 1.11 bits per heavy atom. The van der Waals surface area contributed by atoms with Crippen molar-refractivity contribution in [3.8, 4) is 6.07 Å². The zero-order valence-electron chi connectivity index (χ0n) is 23.1. The van der Waals surface area contributed by atoms with Gasteiger partial charge in [-0.25, -0.2) is 22.5 Å². The number of carbonyl (C=O) groups excluding carboxylic acids is 3. The maximum Gasteiger partial charge on any atom is 0.263 e. The lowest BCUT2D eigenvalue weighted by atomic mass is 9.91. The van der Waals surface area contributed by atoms with Crippen molar-refractivity contribution in [1.82, 2.24) is 10.3 Å². The number of carbonyl (C=O) groups is 3. The van der Waals surface area contributed by atoms with E-state index in [9.17, 15) is 32.8 Å². The second kappa shape index (κ2) is 12.6. The fourth-order valence-corrected chi connectivity index (χ4v) is 5.80. The minimum atomic E-state index is -2.86. The number of aromatic nitrogens is 1. The van der Waals surface area contributed by atoms with Crippen LogP contribution in [-0.4, -0.2) is 46.9 Å². The molecule has 44 heavy (non-hydrogen) atoms. The number of nitriles is 1. The monoisotopic (exact) mass is 627 g/mol. The van der Waals surface area contributed by atoms with Crippen molar-refractivity contribution >= 4 is 40.8 Å². The highest BCUT2D eigenvalue weighted by Crippen LogP contribution is 2.38. The van der Waals surface area contributed by atoms with Crippen molar-refractivity contribution in [2.45, 2.75) is 62.3 Å². The van der Waals surface area contributed by atoms with Crippen LogP contribution in [0.2, 0.25) is 5.02 Å². The predicted octanol–water partition coefficient (Wildman–Crippen LogP) is 5.66. The molecule has 1 N–H and O–H groups in total. The Balaban J connectivity index is 1.61. The highest BCUT2D eigenvalue weighted by atomic mass is 35.5. The molecule has 0 spiro atoms. The number of alkyl halides is 3. The Labute approximate surface area is 255 Å². The largest absolute Gasteiger partial charge is 0.351 e. The fraction of sp³-hybridized carbons (Fsp3) is 0.323. The molecule has 1 saturated carbocycles. The minimum absolute atomic E-state index is 0.0166. The van der Waals surface area contributed by atoms with Gasteiger partial charge in [-0.15, -0.1) is 0 Å². The van der Waals surface area contributed by atoms with Gasteiger partial charge in [-0.3, -0.25) is 24.2 Å². The van der Waals surface area contributed by atoms with Crippen LogP contribution < -0.4 is 15.1 Å². The number of nitrogens with one attached hydrogen (secondary N) is 1. The van der Waals surface area contributed by atoms with E-state index in [2.05, 4.69) is 10.3 Å². The molecule has 8 nitrogen and oxygen atoms in total. The van der Waals surface area contributed by atoms with E-state index in [1.807, 2.05) is 6.07 Å². The maximum absolute atomic E-state index is 15.0. The first-order chi connectivity index (χ1) is 21.0. The third-order valence-corrected chi connectivity index (χ3v) is 8.09. The van der Waals surface area contributed by atoms with Gasteiger partial charge in [-0.1, -0.05) is 35.9 Å². The summed E-state index contributed by atoms with van der Waals surface area (Å²) in [5.74, 6) is -6.59. The number of hydrogen-bond acceptors (Lipinski definition) is 5. The molecule has 228 valence electrons. The van der Waals surface area contributed by atoms with Crippen LogP contribution in [0.3, 0.4) is 0 Å². The summed E-state index contributed by atoms with van der Waals surface area (Å²) in [7, 11) is 0. The number of nitrogens with zero attached hydrogens (tertiary/aromatic N) is 4. The summed E-state index contributed by atoms with van der Waals surface area (Å²) in [4.78, 5) is 47.4. The molecule has 2 aromatic carbocycles. The summed E-state index contributed by atoms with van der Waals surface area (Å²) in [5.41, 5.74) is 0.131. The summed E-state index contributed by atoms with van der Waals surface area (Å²) in [6.45, 7) is 0. The van der Waals surface area contributed by atoms with Gasteiger partial charge in [0.2, 0.25) is 11.8 Å². The van der Waals surface area contributed by atoms with E-state index >= 15 is 4.39 Å². The third kappa shape index (κ3) is 6.38. The van der Waals surface area contributed by atoms with Crippen LogP contribution >= 0.6 is 11.6 Å². The lowest BCUT2D eigenvalue weighted by molar-refractivity contribution is -0.128. The number of rotatable bonds is 7. The predicted molar refractivity (Wildman–Crippen MR) is 153 cm³/mol. The molecule has 2 heterocycles. The van der Waals surface area contributed by atoms with Gasteiger partial charge >= 0.3 is 0 Å². The highest BCUT2D eigenvalue weighted by molar-refractivity contribution is 6.31. The first-order valence-electron chi connectivity index (χ1n) is 13.8. The summed E-state index contributed by atoms with van der Waals surface area (Å²) < 4.78 is 57.3. The molecule has 3 aromatic rings. The first-order valence-corrected chi connectivity index (χ1v) is 14.2. The van der Waals surface area contributed by atoms with Gasteiger partial charge in [-0.05, 0) is 49.2 Å². The Kier molecular flexibility index (Phi) is 8.87. The molecule has 2 aliphatic rings. The third-order valence-electron chi connectivity index (χ3n) is 7.75. The number of amides is 3. The zero-order chi connectivity index (χ0) is 31.6. The molecule has 13 heteroatoms. The van der Waals surface area contributed by atoms with Gasteiger partial charge in [0.05, 0.1) is 11.6 Å².